The second-order valence-corrected chi connectivity index (χ2v) is 8.64. The van der Waals surface area contributed by atoms with E-state index in [2.05, 4.69) is 22.0 Å². The van der Waals surface area contributed by atoms with E-state index in [1.807, 2.05) is 6.07 Å². The van der Waals surface area contributed by atoms with Gasteiger partial charge in [-0.2, -0.15) is 0 Å². The smallest absolute Gasteiger partial charge is 0.319 e. The first-order valence-corrected chi connectivity index (χ1v) is 10.7. The number of halogens is 1. The van der Waals surface area contributed by atoms with Crippen LogP contribution in [-0.2, 0) is 16.8 Å². The Balaban J connectivity index is 1.52. The fraction of sp³-hybridized carbons (Fsp3) is 0.571. The SMILES string of the molecule is O=C1Nc2c(Cl)cc3cc(CNC4CCOCC4)oc3c2C2(CCCCC2)N1. The lowest BCUT2D eigenvalue weighted by molar-refractivity contribution is 0.0771. The van der Waals surface area contributed by atoms with E-state index >= 15 is 0 Å². The molecule has 2 amide bonds. The molecule has 2 aliphatic heterocycles. The predicted octanol–water partition coefficient (Wildman–Crippen LogP) is 4.65. The van der Waals surface area contributed by atoms with Crippen molar-refractivity contribution in [3.63, 3.8) is 0 Å². The Kier molecular flexibility index (Phi) is 4.73. The predicted molar refractivity (Wildman–Crippen MR) is 109 cm³/mol. The van der Waals surface area contributed by atoms with Gasteiger partial charge in [0.2, 0.25) is 0 Å². The van der Waals surface area contributed by atoms with Crippen molar-refractivity contribution in [3.8, 4) is 0 Å². The summed E-state index contributed by atoms with van der Waals surface area (Å²) in [6, 6.07) is 4.26. The molecule has 1 aromatic carbocycles. The van der Waals surface area contributed by atoms with Crippen LogP contribution in [-0.4, -0.2) is 25.3 Å². The van der Waals surface area contributed by atoms with Crippen molar-refractivity contribution in [3.05, 3.63) is 28.5 Å². The van der Waals surface area contributed by atoms with Gasteiger partial charge in [0, 0.05) is 30.2 Å². The summed E-state index contributed by atoms with van der Waals surface area (Å²) in [5.74, 6) is 0.897. The van der Waals surface area contributed by atoms with Crippen molar-refractivity contribution in [2.75, 3.05) is 18.5 Å². The first-order chi connectivity index (χ1) is 13.6. The summed E-state index contributed by atoms with van der Waals surface area (Å²) in [5.41, 5.74) is 2.18. The molecule has 1 saturated carbocycles. The Morgan fingerprint density at radius 3 is 2.75 bits per heavy atom. The number of nitrogens with one attached hydrogen (secondary N) is 3. The van der Waals surface area contributed by atoms with Gasteiger partial charge in [-0.3, -0.25) is 0 Å². The van der Waals surface area contributed by atoms with Crippen LogP contribution in [0.1, 0.15) is 56.3 Å². The maximum absolute atomic E-state index is 12.3. The van der Waals surface area contributed by atoms with Crippen LogP contribution in [0.5, 0.6) is 0 Å². The van der Waals surface area contributed by atoms with Crippen LogP contribution in [0.15, 0.2) is 16.5 Å². The molecule has 28 heavy (non-hydrogen) atoms. The summed E-state index contributed by atoms with van der Waals surface area (Å²) in [4.78, 5) is 12.3. The van der Waals surface area contributed by atoms with Gasteiger partial charge in [-0.15, -0.1) is 0 Å². The molecule has 6 nitrogen and oxygen atoms in total. The van der Waals surface area contributed by atoms with Gasteiger partial charge in [0.1, 0.15) is 11.3 Å². The van der Waals surface area contributed by atoms with Crippen LogP contribution in [0, 0.1) is 0 Å². The van der Waals surface area contributed by atoms with Crippen LogP contribution < -0.4 is 16.0 Å². The minimum absolute atomic E-state index is 0.177. The van der Waals surface area contributed by atoms with E-state index in [1.165, 1.54) is 6.42 Å². The Bertz CT molecular complexity index is 898. The number of rotatable bonds is 3. The van der Waals surface area contributed by atoms with E-state index in [4.69, 9.17) is 20.8 Å². The summed E-state index contributed by atoms with van der Waals surface area (Å²) in [6.45, 7) is 2.31. The Morgan fingerprint density at radius 2 is 1.96 bits per heavy atom. The Morgan fingerprint density at radius 1 is 1.18 bits per heavy atom. The van der Waals surface area contributed by atoms with Gasteiger partial charge in [-0.1, -0.05) is 30.9 Å². The van der Waals surface area contributed by atoms with E-state index in [-0.39, 0.29) is 11.6 Å². The number of anilines is 1. The van der Waals surface area contributed by atoms with Crippen molar-refractivity contribution in [1.29, 1.82) is 0 Å². The second kappa shape index (κ2) is 7.25. The van der Waals surface area contributed by atoms with Crippen LogP contribution in [0.4, 0.5) is 10.5 Å². The molecule has 3 aliphatic rings. The molecule has 2 fully saturated rings. The highest BCUT2D eigenvalue weighted by molar-refractivity contribution is 6.35. The van der Waals surface area contributed by atoms with Gasteiger partial charge >= 0.3 is 6.03 Å². The molecule has 0 unspecified atom stereocenters. The molecular weight excluding hydrogens is 378 g/mol. The molecule has 7 heteroatoms. The zero-order valence-corrected chi connectivity index (χ0v) is 16.7. The molecule has 0 atom stereocenters. The average Bonchev–Trinajstić information content (AvgIpc) is 3.10. The van der Waals surface area contributed by atoms with Gasteiger partial charge in [-0.25, -0.2) is 4.79 Å². The number of carbonyl (C=O) groups excluding carboxylic acids is 1. The standard InChI is InChI=1S/C21H26ClN3O3/c22-16-11-13-10-15(12-23-14-4-8-27-9-5-14)28-19(13)17-18(16)24-20(26)25-21(17)6-2-1-3-7-21/h10-11,14,23H,1-9,12H2,(H2,24,25,26). The topological polar surface area (TPSA) is 75.5 Å². The van der Waals surface area contributed by atoms with Crippen molar-refractivity contribution in [2.45, 2.75) is 63.1 Å². The molecule has 150 valence electrons. The number of carbonyl (C=O) groups is 1. The summed E-state index contributed by atoms with van der Waals surface area (Å²) < 4.78 is 11.8. The van der Waals surface area contributed by atoms with E-state index in [0.717, 1.165) is 74.0 Å². The molecule has 1 saturated heterocycles. The molecule has 3 N–H and O–H groups in total. The quantitative estimate of drug-likeness (QED) is 0.697. The number of fused-ring (bicyclic) bond motifs is 4. The maximum Gasteiger partial charge on any atom is 0.319 e. The average molecular weight is 404 g/mol. The molecule has 0 radical (unpaired) electrons. The second-order valence-electron chi connectivity index (χ2n) is 8.23. The lowest BCUT2D eigenvalue weighted by Crippen LogP contribution is -2.52. The lowest BCUT2D eigenvalue weighted by atomic mass is 9.74. The van der Waals surface area contributed by atoms with Crippen molar-refractivity contribution in [2.24, 2.45) is 0 Å². The minimum Gasteiger partial charge on any atom is -0.459 e. The highest BCUT2D eigenvalue weighted by Crippen LogP contribution is 2.48. The zero-order valence-electron chi connectivity index (χ0n) is 15.9. The number of ether oxygens (including phenoxy) is 1. The van der Waals surface area contributed by atoms with Crippen molar-refractivity contribution >= 4 is 34.3 Å². The number of hydrogen-bond donors (Lipinski definition) is 3. The summed E-state index contributed by atoms with van der Waals surface area (Å²) >= 11 is 6.58. The largest absolute Gasteiger partial charge is 0.459 e. The highest BCUT2D eigenvalue weighted by atomic mass is 35.5. The van der Waals surface area contributed by atoms with Crippen LogP contribution >= 0.6 is 11.6 Å². The molecule has 3 heterocycles. The van der Waals surface area contributed by atoms with Gasteiger partial charge in [-0.05, 0) is 37.8 Å². The number of hydrogen-bond acceptors (Lipinski definition) is 4. The summed E-state index contributed by atoms with van der Waals surface area (Å²) in [7, 11) is 0. The highest BCUT2D eigenvalue weighted by Gasteiger charge is 2.43. The van der Waals surface area contributed by atoms with E-state index < -0.39 is 0 Å². The van der Waals surface area contributed by atoms with Crippen LogP contribution in [0.2, 0.25) is 5.02 Å². The van der Waals surface area contributed by atoms with Crippen molar-refractivity contribution < 1.29 is 13.9 Å². The summed E-state index contributed by atoms with van der Waals surface area (Å²) in [5, 5.41) is 11.3. The molecular formula is C21H26ClN3O3. The number of benzene rings is 1. The molecule has 1 aromatic heterocycles. The van der Waals surface area contributed by atoms with Crippen LogP contribution in [0.25, 0.3) is 11.0 Å². The maximum atomic E-state index is 12.3. The van der Waals surface area contributed by atoms with Gasteiger partial charge < -0.3 is 25.1 Å². The molecule has 5 rings (SSSR count). The van der Waals surface area contributed by atoms with Gasteiger partial charge in [0.25, 0.3) is 0 Å². The molecule has 2 aromatic rings. The number of amides is 2. The van der Waals surface area contributed by atoms with Gasteiger partial charge in [0.15, 0.2) is 0 Å². The fourth-order valence-corrected chi connectivity index (χ4v) is 5.23. The van der Waals surface area contributed by atoms with Crippen LogP contribution in [0.3, 0.4) is 0 Å². The third-order valence-electron chi connectivity index (χ3n) is 6.37. The van der Waals surface area contributed by atoms with E-state index in [9.17, 15) is 4.79 Å². The molecule has 1 aliphatic carbocycles. The molecule has 0 bridgehead atoms. The first-order valence-electron chi connectivity index (χ1n) is 10.3. The number of urea groups is 1. The Hall–Kier alpha value is -1.76. The Labute approximate surface area is 169 Å². The minimum atomic E-state index is -0.387. The van der Waals surface area contributed by atoms with E-state index in [0.29, 0.717) is 23.3 Å². The fourth-order valence-electron chi connectivity index (χ4n) is 4.97. The lowest BCUT2D eigenvalue weighted by Gasteiger charge is -2.42. The van der Waals surface area contributed by atoms with Crippen molar-refractivity contribution in [1.82, 2.24) is 10.6 Å². The zero-order chi connectivity index (χ0) is 19.1. The third-order valence-corrected chi connectivity index (χ3v) is 6.67. The first kappa shape index (κ1) is 18.3. The number of furan rings is 1. The molecule has 1 spiro atoms. The van der Waals surface area contributed by atoms with E-state index in [1.54, 1.807) is 0 Å². The third kappa shape index (κ3) is 3.17. The monoisotopic (exact) mass is 403 g/mol. The normalized spacial score (nSPS) is 22.1. The van der Waals surface area contributed by atoms with Gasteiger partial charge in [0.05, 0.1) is 22.8 Å². The summed E-state index contributed by atoms with van der Waals surface area (Å²) in [6.07, 6.45) is 7.27.